The van der Waals surface area contributed by atoms with E-state index in [1.807, 2.05) is 0 Å². The Kier molecular flexibility index (Phi) is 35.7. The number of likely N-dealkylation sites (N-methyl/N-ethyl adjacent to an activating group) is 1. The van der Waals surface area contributed by atoms with Crippen LogP contribution in [0, 0.1) is 0 Å². The highest BCUT2D eigenvalue weighted by Crippen LogP contribution is 2.26. The molecule has 1 unspecified atom stereocenters. The molecule has 0 aromatic carbocycles. The maximum absolute atomic E-state index is 12.7. The number of Topliss-reactive ketones (excluding diaryl/α,β-unsaturated/α-hetero) is 1. The summed E-state index contributed by atoms with van der Waals surface area (Å²) in [5.74, 6) is -2.03. The maximum Gasteiger partial charge on any atom is 0.320 e. The van der Waals surface area contributed by atoms with Crippen molar-refractivity contribution >= 4 is 59.0 Å². The molecule has 2 rings (SSSR count). The summed E-state index contributed by atoms with van der Waals surface area (Å²) in [5.41, 5.74) is 6.52. The molecule has 1 aliphatic rings. The number of imidazole rings is 1. The number of aromatic nitrogens is 2. The smallest absolute Gasteiger partial charge is 0.320 e. The number of ketones is 1. The van der Waals surface area contributed by atoms with Gasteiger partial charge >= 0.3 is 11.9 Å². The quantitative estimate of drug-likeness (QED) is 0.0343. The van der Waals surface area contributed by atoms with E-state index in [4.69, 9.17) is 25.4 Å². The number of carboxylic acids is 2. The monoisotopic (exact) mass is 983 g/mol. The zero-order valence-electron chi connectivity index (χ0n) is 40.8. The molecule has 5 amide bonds. The fourth-order valence-corrected chi connectivity index (χ4v) is 8.28. The van der Waals surface area contributed by atoms with Crippen LogP contribution in [0.4, 0.5) is 0 Å². The number of aliphatic carboxylic acids is 2. The standard InChI is InChI=1S/C36H64N4O10S.C11H18N4O2/c1-37-29(36(47)48)17-14-15-20-38-32(42)28-50-25-24-49-23-21-39-31(41)19-22-40-33(43)27-30(35(40)46)51-26-16-12-10-8-6-4-2-3-5-7-9-11-13-18-34(44)45;1-3-10(16)7(2)15-11(17)9(12)4-8-5-13-6-14-8/h29-30,37H,2-28H2,1H3,(H,38,42)(H,39,41)(H,44,45)(H,47,48);5-7,9H,3-4,12H2,1-2H3,(H,13,14)(H,15,17)/t29-,30?;7-,9+/m01/s1. The first-order valence-corrected chi connectivity index (χ1v) is 25.6. The predicted molar refractivity (Wildman–Crippen MR) is 260 cm³/mol. The van der Waals surface area contributed by atoms with Crippen LogP contribution in [0.3, 0.4) is 0 Å². The minimum absolute atomic E-state index is 0.00732. The molecule has 1 fully saturated rings. The van der Waals surface area contributed by atoms with Gasteiger partial charge in [-0.1, -0.05) is 77.6 Å². The highest BCUT2D eigenvalue weighted by Gasteiger charge is 2.38. The Labute approximate surface area is 406 Å². The van der Waals surface area contributed by atoms with E-state index in [0.29, 0.717) is 38.6 Å². The molecule has 388 valence electrons. The Bertz CT molecular complexity index is 1600. The SMILES string of the molecule is CCC(=O)[C@@H](C)NC(=O)[C@@H](N)Cc1cnc[nH]1.CN[C@@H](CCCCNC(=O)COCCOCCNC(=O)CCN1C(=O)CC(SCCCCCCCCCCCCCCCC(=O)O)C1=O)C(=O)O. The number of rotatable bonds is 41. The van der Waals surface area contributed by atoms with Crippen LogP contribution in [0.15, 0.2) is 12.5 Å². The summed E-state index contributed by atoms with van der Waals surface area (Å²) >= 11 is 1.54. The third-order valence-electron chi connectivity index (χ3n) is 11.2. The molecule has 1 aromatic rings. The lowest BCUT2D eigenvalue weighted by Gasteiger charge is -2.15. The van der Waals surface area contributed by atoms with Crippen molar-refractivity contribution in [1.29, 1.82) is 0 Å². The number of H-pyrrole nitrogens is 1. The third kappa shape index (κ3) is 30.8. The van der Waals surface area contributed by atoms with Crippen LogP contribution in [0.2, 0.25) is 0 Å². The van der Waals surface area contributed by atoms with Gasteiger partial charge in [0.15, 0.2) is 5.78 Å². The molecule has 2 heterocycles. The first kappa shape index (κ1) is 61.6. The number of nitrogens with zero attached hydrogens (tertiary/aromatic N) is 2. The van der Waals surface area contributed by atoms with Gasteiger partial charge in [0, 0.05) is 63.6 Å². The Morgan fingerprint density at radius 3 is 2.04 bits per heavy atom. The van der Waals surface area contributed by atoms with Gasteiger partial charge in [-0.05, 0) is 51.8 Å². The molecule has 1 aliphatic heterocycles. The summed E-state index contributed by atoms with van der Waals surface area (Å²) in [4.78, 5) is 102. The molecule has 0 radical (unpaired) electrons. The van der Waals surface area contributed by atoms with Crippen molar-refractivity contribution in [2.24, 2.45) is 5.73 Å². The molecule has 9 N–H and O–H groups in total. The number of likely N-dealkylation sites (tertiary alicyclic amines) is 1. The minimum Gasteiger partial charge on any atom is -0.481 e. The van der Waals surface area contributed by atoms with E-state index < -0.39 is 30.1 Å². The van der Waals surface area contributed by atoms with Crippen molar-refractivity contribution in [3.63, 3.8) is 0 Å². The van der Waals surface area contributed by atoms with Crippen LogP contribution in [0.25, 0.3) is 0 Å². The summed E-state index contributed by atoms with van der Waals surface area (Å²) in [5, 5.41) is 28.0. The van der Waals surface area contributed by atoms with Gasteiger partial charge in [-0.15, -0.1) is 11.8 Å². The normalized spacial score (nSPS) is 14.7. The Hall–Kier alpha value is -4.44. The lowest BCUT2D eigenvalue weighted by Crippen LogP contribution is -2.47. The fraction of sp³-hybridized carbons (Fsp3) is 0.766. The van der Waals surface area contributed by atoms with Crippen LogP contribution in [-0.4, -0.2) is 155 Å². The summed E-state index contributed by atoms with van der Waals surface area (Å²) in [6.45, 7) is 4.82. The summed E-state index contributed by atoms with van der Waals surface area (Å²) in [7, 11) is 1.60. The van der Waals surface area contributed by atoms with E-state index in [9.17, 15) is 38.4 Å². The number of nitrogens with one attached hydrogen (secondary N) is 5. The third-order valence-corrected chi connectivity index (χ3v) is 12.5. The van der Waals surface area contributed by atoms with Crippen molar-refractivity contribution < 1.29 is 58.0 Å². The van der Waals surface area contributed by atoms with Gasteiger partial charge in [-0.2, -0.15) is 0 Å². The Morgan fingerprint density at radius 2 is 1.46 bits per heavy atom. The number of nitrogens with two attached hydrogens (primary N) is 1. The topological polar surface area (TPSA) is 302 Å². The molecule has 68 heavy (non-hydrogen) atoms. The Morgan fingerprint density at radius 1 is 0.838 bits per heavy atom. The number of carboxylic acid groups (broad SMARTS) is 2. The van der Waals surface area contributed by atoms with E-state index >= 15 is 0 Å². The summed E-state index contributed by atoms with van der Waals surface area (Å²) < 4.78 is 10.7. The summed E-state index contributed by atoms with van der Waals surface area (Å²) in [6, 6.07) is -1.75. The maximum atomic E-state index is 12.7. The van der Waals surface area contributed by atoms with Gasteiger partial charge < -0.3 is 51.7 Å². The molecule has 1 saturated heterocycles. The van der Waals surface area contributed by atoms with Gasteiger partial charge in [0.25, 0.3) is 0 Å². The van der Waals surface area contributed by atoms with Crippen LogP contribution in [0.5, 0.6) is 0 Å². The number of thioether (sulfide) groups is 1. The number of ether oxygens (including phenoxy) is 2. The second-order valence-corrected chi connectivity index (χ2v) is 18.2. The molecular formula is C47H82N8O12S. The number of aromatic amines is 1. The lowest BCUT2D eigenvalue weighted by atomic mass is 10.0. The highest BCUT2D eigenvalue weighted by atomic mass is 32.2. The van der Waals surface area contributed by atoms with Crippen molar-refractivity contribution in [1.82, 2.24) is 36.1 Å². The molecule has 21 heteroatoms. The second kappa shape index (κ2) is 39.4. The van der Waals surface area contributed by atoms with Crippen molar-refractivity contribution in [2.45, 2.75) is 172 Å². The average molecular weight is 983 g/mol. The highest BCUT2D eigenvalue weighted by molar-refractivity contribution is 8.00. The van der Waals surface area contributed by atoms with E-state index in [-0.39, 0.29) is 99.3 Å². The first-order chi connectivity index (χ1) is 32.7. The Balaban J connectivity index is 0.00000113. The van der Waals surface area contributed by atoms with Crippen LogP contribution in [-0.2, 0) is 54.3 Å². The molecule has 0 aliphatic carbocycles. The molecule has 4 atom stereocenters. The molecular weight excluding hydrogens is 901 g/mol. The largest absolute Gasteiger partial charge is 0.481 e. The van der Waals surface area contributed by atoms with Crippen molar-refractivity contribution in [3.05, 3.63) is 18.2 Å². The zero-order valence-corrected chi connectivity index (χ0v) is 41.6. The number of hydrogen-bond donors (Lipinski definition) is 8. The molecule has 20 nitrogen and oxygen atoms in total. The second-order valence-electron chi connectivity index (χ2n) is 16.9. The number of amides is 5. The number of carbonyl (C=O) groups is 8. The number of carbonyl (C=O) groups excluding carboxylic acids is 6. The van der Waals surface area contributed by atoms with Gasteiger partial charge in [0.05, 0.1) is 43.5 Å². The van der Waals surface area contributed by atoms with Crippen molar-refractivity contribution in [3.8, 4) is 0 Å². The van der Waals surface area contributed by atoms with E-state index in [1.54, 1.807) is 38.9 Å². The molecule has 0 saturated carbocycles. The van der Waals surface area contributed by atoms with Crippen LogP contribution < -0.4 is 27.0 Å². The van der Waals surface area contributed by atoms with Gasteiger partial charge in [-0.25, -0.2) is 4.98 Å². The van der Waals surface area contributed by atoms with E-state index in [2.05, 4.69) is 31.2 Å². The summed E-state index contributed by atoms with van der Waals surface area (Å²) in [6.07, 6.45) is 21.2. The predicted octanol–water partition coefficient (Wildman–Crippen LogP) is 3.66. The van der Waals surface area contributed by atoms with E-state index in [1.165, 1.54) is 62.6 Å². The molecule has 0 spiro atoms. The number of imide groups is 1. The average Bonchev–Trinajstić information content (AvgIpc) is 3.92. The first-order valence-electron chi connectivity index (χ1n) is 24.5. The minimum atomic E-state index is -0.890. The lowest BCUT2D eigenvalue weighted by molar-refractivity contribution is -0.140. The van der Waals surface area contributed by atoms with Crippen molar-refractivity contribution in [2.75, 3.05) is 58.9 Å². The van der Waals surface area contributed by atoms with E-state index in [0.717, 1.165) is 43.6 Å². The molecule has 0 bridgehead atoms. The van der Waals surface area contributed by atoms with Crippen LogP contribution in [0.1, 0.15) is 148 Å². The zero-order chi connectivity index (χ0) is 50.4. The van der Waals surface area contributed by atoms with Crippen LogP contribution >= 0.6 is 11.8 Å². The molecule has 1 aromatic heterocycles. The van der Waals surface area contributed by atoms with Gasteiger partial charge in [0.2, 0.25) is 29.5 Å². The fourth-order valence-electron chi connectivity index (χ4n) is 7.09. The van der Waals surface area contributed by atoms with Gasteiger partial charge in [0.1, 0.15) is 12.6 Å². The number of hydrogen-bond acceptors (Lipinski definition) is 14. The number of unbranched alkanes of at least 4 members (excludes halogenated alkanes) is 13. The van der Waals surface area contributed by atoms with Gasteiger partial charge in [-0.3, -0.25) is 43.3 Å².